The molecule has 2 atom stereocenters. The van der Waals surface area contributed by atoms with E-state index in [2.05, 4.69) is 4.72 Å². The van der Waals surface area contributed by atoms with Gasteiger partial charge in [-0.15, -0.1) is 0 Å². The lowest BCUT2D eigenvalue weighted by Gasteiger charge is -2.13. The Bertz CT molecular complexity index is 379. The SMILES string of the molecule is CC(C)OCCS(=O)(=O)N[C@H]1CC[C@@H](C(=O)O)C1. The van der Waals surface area contributed by atoms with E-state index >= 15 is 0 Å². The first-order valence-corrected chi connectivity index (χ1v) is 7.80. The summed E-state index contributed by atoms with van der Waals surface area (Å²) in [6, 6.07) is -0.254. The normalized spacial score (nSPS) is 24.6. The molecule has 0 bridgehead atoms. The molecule has 0 spiro atoms. The second-order valence-corrected chi connectivity index (χ2v) is 6.77. The molecule has 0 unspecified atom stereocenters. The number of carboxylic acids is 1. The first-order chi connectivity index (χ1) is 8.30. The first-order valence-electron chi connectivity index (χ1n) is 6.14. The minimum Gasteiger partial charge on any atom is -0.481 e. The third-order valence-electron chi connectivity index (χ3n) is 2.93. The second-order valence-electron chi connectivity index (χ2n) is 4.90. The van der Waals surface area contributed by atoms with Crippen LogP contribution in [0.5, 0.6) is 0 Å². The summed E-state index contributed by atoms with van der Waals surface area (Å²) in [6.07, 6.45) is 1.49. The van der Waals surface area contributed by atoms with Gasteiger partial charge in [-0.25, -0.2) is 13.1 Å². The highest BCUT2D eigenvalue weighted by atomic mass is 32.2. The van der Waals surface area contributed by atoms with E-state index < -0.39 is 21.9 Å². The van der Waals surface area contributed by atoms with E-state index in [1.54, 1.807) is 0 Å². The van der Waals surface area contributed by atoms with E-state index in [1.165, 1.54) is 0 Å². The highest BCUT2D eigenvalue weighted by Crippen LogP contribution is 2.26. The van der Waals surface area contributed by atoms with E-state index in [9.17, 15) is 13.2 Å². The molecule has 0 aromatic heterocycles. The van der Waals surface area contributed by atoms with Gasteiger partial charge in [-0.1, -0.05) is 0 Å². The second kappa shape index (κ2) is 6.49. The molecule has 106 valence electrons. The number of aliphatic carboxylic acids is 1. The molecule has 1 rings (SSSR count). The quantitative estimate of drug-likeness (QED) is 0.711. The monoisotopic (exact) mass is 279 g/mol. The Hall–Kier alpha value is -0.660. The standard InChI is InChI=1S/C11H21NO5S/c1-8(2)17-5-6-18(15,16)12-10-4-3-9(7-10)11(13)14/h8-10,12H,3-7H2,1-2H3,(H,13,14)/t9-,10+/m1/s1. The van der Waals surface area contributed by atoms with Crippen LogP contribution in [0.15, 0.2) is 0 Å². The molecule has 1 aliphatic carbocycles. The van der Waals surface area contributed by atoms with Crippen LogP contribution in [0.4, 0.5) is 0 Å². The van der Waals surface area contributed by atoms with E-state index in [-0.39, 0.29) is 24.5 Å². The number of sulfonamides is 1. The highest BCUT2D eigenvalue weighted by molar-refractivity contribution is 7.89. The van der Waals surface area contributed by atoms with E-state index in [1.807, 2.05) is 13.8 Å². The van der Waals surface area contributed by atoms with Crippen LogP contribution in [0, 0.1) is 5.92 Å². The molecule has 0 aromatic rings. The Morgan fingerprint density at radius 3 is 2.61 bits per heavy atom. The van der Waals surface area contributed by atoms with Crippen molar-refractivity contribution in [3.05, 3.63) is 0 Å². The van der Waals surface area contributed by atoms with Gasteiger partial charge in [-0.05, 0) is 33.1 Å². The molecular formula is C11H21NO5S. The van der Waals surface area contributed by atoms with Crippen LogP contribution in [-0.2, 0) is 19.6 Å². The first kappa shape index (κ1) is 15.4. The van der Waals surface area contributed by atoms with Crippen LogP contribution in [0.3, 0.4) is 0 Å². The van der Waals surface area contributed by atoms with Crippen molar-refractivity contribution in [3.63, 3.8) is 0 Å². The topological polar surface area (TPSA) is 92.7 Å². The van der Waals surface area contributed by atoms with Crippen LogP contribution >= 0.6 is 0 Å². The molecule has 7 heteroatoms. The summed E-state index contributed by atoms with van der Waals surface area (Å²) < 4.78 is 31.1. The maximum Gasteiger partial charge on any atom is 0.306 e. The smallest absolute Gasteiger partial charge is 0.306 e. The van der Waals surface area contributed by atoms with Gasteiger partial charge >= 0.3 is 5.97 Å². The predicted octanol–water partition coefficient (Wildman–Crippen LogP) is 0.584. The Balaban J connectivity index is 2.35. The van der Waals surface area contributed by atoms with Crippen molar-refractivity contribution >= 4 is 16.0 Å². The Morgan fingerprint density at radius 2 is 2.11 bits per heavy atom. The molecule has 0 saturated heterocycles. The zero-order valence-electron chi connectivity index (χ0n) is 10.8. The third-order valence-corrected chi connectivity index (χ3v) is 4.33. The summed E-state index contributed by atoms with van der Waals surface area (Å²) in [5.74, 6) is -1.36. The van der Waals surface area contributed by atoms with Crippen LogP contribution in [0.1, 0.15) is 33.1 Å². The van der Waals surface area contributed by atoms with Crippen molar-refractivity contribution in [2.75, 3.05) is 12.4 Å². The molecule has 0 radical (unpaired) electrons. The Kier molecular flexibility index (Phi) is 5.55. The minimum atomic E-state index is -3.38. The zero-order chi connectivity index (χ0) is 13.8. The van der Waals surface area contributed by atoms with Gasteiger partial charge in [0.25, 0.3) is 0 Å². The van der Waals surface area contributed by atoms with Gasteiger partial charge in [0, 0.05) is 6.04 Å². The fourth-order valence-corrected chi connectivity index (χ4v) is 3.17. The molecule has 6 nitrogen and oxygen atoms in total. The maximum atomic E-state index is 11.7. The van der Waals surface area contributed by atoms with E-state index in [4.69, 9.17) is 9.84 Å². The molecule has 18 heavy (non-hydrogen) atoms. The molecule has 2 N–H and O–H groups in total. The number of nitrogens with one attached hydrogen (secondary N) is 1. The lowest BCUT2D eigenvalue weighted by molar-refractivity contribution is -0.141. The van der Waals surface area contributed by atoms with Gasteiger partial charge in [0.1, 0.15) is 0 Å². The number of hydrogen-bond donors (Lipinski definition) is 2. The Labute approximate surface area is 108 Å². The van der Waals surface area contributed by atoms with Gasteiger partial charge in [0.05, 0.1) is 24.4 Å². The van der Waals surface area contributed by atoms with Gasteiger partial charge in [-0.3, -0.25) is 4.79 Å². The summed E-state index contributed by atoms with van der Waals surface area (Å²) in [4.78, 5) is 10.8. The molecule has 1 saturated carbocycles. The van der Waals surface area contributed by atoms with Crippen LogP contribution in [0.25, 0.3) is 0 Å². The molecule has 0 aliphatic heterocycles. The van der Waals surface area contributed by atoms with Crippen molar-refractivity contribution in [2.24, 2.45) is 5.92 Å². The average Bonchev–Trinajstić information content (AvgIpc) is 2.64. The largest absolute Gasteiger partial charge is 0.481 e. The lowest BCUT2D eigenvalue weighted by Crippen LogP contribution is -2.36. The van der Waals surface area contributed by atoms with Crippen molar-refractivity contribution in [1.82, 2.24) is 4.72 Å². The van der Waals surface area contributed by atoms with E-state index in [0.717, 1.165) is 0 Å². The molecule has 0 heterocycles. The van der Waals surface area contributed by atoms with Crippen molar-refractivity contribution in [2.45, 2.75) is 45.3 Å². The van der Waals surface area contributed by atoms with Crippen LogP contribution < -0.4 is 4.72 Å². The number of hydrogen-bond acceptors (Lipinski definition) is 4. The molecule has 1 aliphatic rings. The van der Waals surface area contributed by atoms with Gasteiger partial charge in [-0.2, -0.15) is 0 Å². The summed E-state index contributed by atoms with van der Waals surface area (Å²) in [6.45, 7) is 3.84. The number of carbonyl (C=O) groups is 1. The average molecular weight is 279 g/mol. The fourth-order valence-electron chi connectivity index (χ4n) is 2.02. The van der Waals surface area contributed by atoms with Crippen molar-refractivity contribution in [3.8, 4) is 0 Å². The number of carboxylic acid groups (broad SMARTS) is 1. The van der Waals surface area contributed by atoms with Crippen molar-refractivity contribution < 1.29 is 23.1 Å². The summed E-state index contributed by atoms with van der Waals surface area (Å²) in [7, 11) is -3.38. The Morgan fingerprint density at radius 1 is 1.44 bits per heavy atom. The summed E-state index contributed by atoms with van der Waals surface area (Å²) in [5, 5.41) is 8.83. The van der Waals surface area contributed by atoms with Crippen LogP contribution in [0.2, 0.25) is 0 Å². The summed E-state index contributed by atoms with van der Waals surface area (Å²) >= 11 is 0. The minimum absolute atomic E-state index is 0.00284. The zero-order valence-corrected chi connectivity index (χ0v) is 11.6. The number of rotatable bonds is 7. The highest BCUT2D eigenvalue weighted by Gasteiger charge is 2.31. The molecule has 1 fully saturated rings. The van der Waals surface area contributed by atoms with Gasteiger partial charge < -0.3 is 9.84 Å². The lowest BCUT2D eigenvalue weighted by atomic mass is 10.1. The van der Waals surface area contributed by atoms with Gasteiger partial charge in [0.15, 0.2) is 0 Å². The van der Waals surface area contributed by atoms with Crippen molar-refractivity contribution in [1.29, 1.82) is 0 Å². The maximum absolute atomic E-state index is 11.7. The fraction of sp³-hybridized carbons (Fsp3) is 0.909. The molecule has 0 aromatic carbocycles. The molecular weight excluding hydrogens is 258 g/mol. The van der Waals surface area contributed by atoms with Crippen LogP contribution in [-0.4, -0.2) is 44.0 Å². The molecule has 0 amide bonds. The predicted molar refractivity (Wildman–Crippen MR) is 66.8 cm³/mol. The summed E-state index contributed by atoms with van der Waals surface area (Å²) in [5.41, 5.74) is 0. The van der Waals surface area contributed by atoms with Gasteiger partial charge in [0.2, 0.25) is 10.0 Å². The third kappa shape index (κ3) is 5.32. The van der Waals surface area contributed by atoms with E-state index in [0.29, 0.717) is 19.3 Å². The number of ether oxygens (including phenoxy) is 1.